The predicted octanol–water partition coefficient (Wildman–Crippen LogP) is 3.02. The second kappa shape index (κ2) is 6.75. The number of piperidine rings is 1. The maximum atomic E-state index is 5.75. The Hall–Kier alpha value is -0.0800. The SMILES string of the molecule is CC1CCC(CN2CCCCC2CCN)CC1. The van der Waals surface area contributed by atoms with Gasteiger partial charge in [0.15, 0.2) is 0 Å². The highest BCUT2D eigenvalue weighted by Gasteiger charge is 2.26. The lowest BCUT2D eigenvalue weighted by molar-refractivity contribution is 0.103. The first-order valence-corrected chi connectivity index (χ1v) is 7.73. The molecule has 2 heteroatoms. The lowest BCUT2D eigenvalue weighted by Gasteiger charge is -2.39. The highest BCUT2D eigenvalue weighted by Crippen LogP contribution is 2.30. The average Bonchev–Trinajstić information content (AvgIpc) is 2.35. The molecule has 2 fully saturated rings. The van der Waals surface area contributed by atoms with Crippen molar-refractivity contribution in [3.8, 4) is 0 Å². The highest BCUT2D eigenvalue weighted by atomic mass is 15.2. The summed E-state index contributed by atoms with van der Waals surface area (Å²) in [6.45, 7) is 5.96. The van der Waals surface area contributed by atoms with Crippen molar-refractivity contribution in [2.24, 2.45) is 17.6 Å². The van der Waals surface area contributed by atoms with Crippen molar-refractivity contribution in [2.45, 2.75) is 64.3 Å². The van der Waals surface area contributed by atoms with Crippen LogP contribution in [-0.4, -0.2) is 30.6 Å². The van der Waals surface area contributed by atoms with E-state index in [9.17, 15) is 0 Å². The van der Waals surface area contributed by atoms with Crippen LogP contribution < -0.4 is 5.73 Å². The van der Waals surface area contributed by atoms with E-state index in [4.69, 9.17) is 5.73 Å². The molecule has 0 amide bonds. The molecular weight excluding hydrogens is 208 g/mol. The summed E-state index contributed by atoms with van der Waals surface area (Å²) in [4.78, 5) is 2.76. The van der Waals surface area contributed by atoms with Crippen LogP contribution in [0.3, 0.4) is 0 Å². The van der Waals surface area contributed by atoms with Gasteiger partial charge in [-0.05, 0) is 57.0 Å². The minimum atomic E-state index is 0.799. The van der Waals surface area contributed by atoms with Gasteiger partial charge in [0.2, 0.25) is 0 Å². The van der Waals surface area contributed by atoms with Crippen LogP contribution in [0.15, 0.2) is 0 Å². The normalized spacial score (nSPS) is 36.0. The molecule has 2 rings (SSSR count). The van der Waals surface area contributed by atoms with Gasteiger partial charge < -0.3 is 10.6 Å². The fraction of sp³-hybridized carbons (Fsp3) is 1.00. The van der Waals surface area contributed by atoms with E-state index in [-0.39, 0.29) is 0 Å². The second-order valence-electron chi connectivity index (χ2n) is 6.35. The Kier molecular flexibility index (Phi) is 5.30. The van der Waals surface area contributed by atoms with Gasteiger partial charge in [-0.2, -0.15) is 0 Å². The molecule has 0 bridgehead atoms. The van der Waals surface area contributed by atoms with Crippen LogP contribution in [0.4, 0.5) is 0 Å². The van der Waals surface area contributed by atoms with Crippen LogP contribution in [0, 0.1) is 11.8 Å². The third kappa shape index (κ3) is 3.96. The smallest absolute Gasteiger partial charge is 0.0107 e. The van der Waals surface area contributed by atoms with Gasteiger partial charge in [0.25, 0.3) is 0 Å². The Labute approximate surface area is 107 Å². The maximum Gasteiger partial charge on any atom is 0.0107 e. The number of rotatable bonds is 4. The van der Waals surface area contributed by atoms with E-state index in [1.165, 1.54) is 64.5 Å². The summed E-state index contributed by atoms with van der Waals surface area (Å²) in [6.07, 6.45) is 11.3. The van der Waals surface area contributed by atoms with Crippen molar-refractivity contribution >= 4 is 0 Å². The zero-order valence-corrected chi connectivity index (χ0v) is 11.5. The van der Waals surface area contributed by atoms with Crippen LogP contribution in [-0.2, 0) is 0 Å². The number of likely N-dealkylation sites (tertiary alicyclic amines) is 1. The van der Waals surface area contributed by atoms with Gasteiger partial charge in [0.05, 0.1) is 0 Å². The summed E-state index contributed by atoms with van der Waals surface area (Å²) < 4.78 is 0. The average molecular weight is 238 g/mol. The number of hydrogen-bond donors (Lipinski definition) is 1. The standard InChI is InChI=1S/C15H30N2/c1-13-5-7-14(8-6-13)12-17-11-3-2-4-15(17)9-10-16/h13-15H,2-12,16H2,1H3. The summed E-state index contributed by atoms with van der Waals surface area (Å²) in [7, 11) is 0. The molecule has 0 radical (unpaired) electrons. The second-order valence-corrected chi connectivity index (χ2v) is 6.35. The number of nitrogens with zero attached hydrogens (tertiary/aromatic N) is 1. The largest absolute Gasteiger partial charge is 0.330 e. The molecular formula is C15H30N2. The van der Waals surface area contributed by atoms with E-state index >= 15 is 0 Å². The van der Waals surface area contributed by atoms with Crippen molar-refractivity contribution in [1.29, 1.82) is 0 Å². The summed E-state index contributed by atoms with van der Waals surface area (Å²) in [6, 6.07) is 0.799. The van der Waals surface area contributed by atoms with Gasteiger partial charge in [-0.1, -0.05) is 26.2 Å². The molecule has 0 spiro atoms. The van der Waals surface area contributed by atoms with Crippen molar-refractivity contribution in [2.75, 3.05) is 19.6 Å². The molecule has 0 aromatic carbocycles. The third-order valence-electron chi connectivity index (χ3n) is 4.88. The molecule has 0 aromatic rings. The number of hydrogen-bond acceptors (Lipinski definition) is 2. The Morgan fingerprint density at radius 3 is 2.53 bits per heavy atom. The monoisotopic (exact) mass is 238 g/mol. The van der Waals surface area contributed by atoms with Crippen molar-refractivity contribution in [1.82, 2.24) is 4.90 Å². The van der Waals surface area contributed by atoms with E-state index in [1.54, 1.807) is 0 Å². The van der Waals surface area contributed by atoms with Gasteiger partial charge >= 0.3 is 0 Å². The molecule has 1 aliphatic carbocycles. The fourth-order valence-corrected chi connectivity index (χ4v) is 3.66. The first kappa shape index (κ1) is 13.4. The van der Waals surface area contributed by atoms with Crippen LogP contribution in [0.25, 0.3) is 0 Å². The zero-order chi connectivity index (χ0) is 12.1. The minimum Gasteiger partial charge on any atom is -0.330 e. The van der Waals surface area contributed by atoms with Crippen LogP contribution >= 0.6 is 0 Å². The molecule has 100 valence electrons. The Morgan fingerprint density at radius 2 is 1.82 bits per heavy atom. The third-order valence-corrected chi connectivity index (χ3v) is 4.88. The Balaban J connectivity index is 1.79. The molecule has 1 unspecified atom stereocenters. The number of nitrogens with two attached hydrogens (primary N) is 1. The summed E-state index contributed by atoms with van der Waals surface area (Å²) in [5.41, 5.74) is 5.75. The first-order chi connectivity index (χ1) is 8.29. The molecule has 1 saturated heterocycles. The molecule has 2 N–H and O–H groups in total. The van der Waals surface area contributed by atoms with Crippen LogP contribution in [0.2, 0.25) is 0 Å². The van der Waals surface area contributed by atoms with Crippen molar-refractivity contribution < 1.29 is 0 Å². The Bertz CT molecular complexity index is 207. The lowest BCUT2D eigenvalue weighted by atomic mass is 9.82. The fourth-order valence-electron chi connectivity index (χ4n) is 3.66. The molecule has 1 aliphatic heterocycles. The van der Waals surface area contributed by atoms with Gasteiger partial charge in [-0.15, -0.1) is 0 Å². The minimum absolute atomic E-state index is 0.799. The predicted molar refractivity (Wildman–Crippen MR) is 74.0 cm³/mol. The molecule has 1 saturated carbocycles. The lowest BCUT2D eigenvalue weighted by Crippen LogP contribution is -2.43. The van der Waals surface area contributed by atoms with E-state index in [1.807, 2.05) is 0 Å². The topological polar surface area (TPSA) is 29.3 Å². The van der Waals surface area contributed by atoms with Gasteiger partial charge in [-0.3, -0.25) is 0 Å². The summed E-state index contributed by atoms with van der Waals surface area (Å²) in [5, 5.41) is 0. The molecule has 1 heterocycles. The summed E-state index contributed by atoms with van der Waals surface area (Å²) >= 11 is 0. The van der Waals surface area contributed by atoms with Gasteiger partial charge in [0, 0.05) is 12.6 Å². The quantitative estimate of drug-likeness (QED) is 0.816. The first-order valence-electron chi connectivity index (χ1n) is 7.73. The van der Waals surface area contributed by atoms with Crippen LogP contribution in [0.5, 0.6) is 0 Å². The molecule has 2 aliphatic rings. The maximum absolute atomic E-state index is 5.75. The highest BCUT2D eigenvalue weighted by molar-refractivity contribution is 4.81. The molecule has 0 aromatic heterocycles. The van der Waals surface area contributed by atoms with E-state index in [0.29, 0.717) is 0 Å². The molecule has 1 atom stereocenters. The summed E-state index contributed by atoms with van der Waals surface area (Å²) in [5.74, 6) is 1.96. The Morgan fingerprint density at radius 1 is 1.06 bits per heavy atom. The van der Waals surface area contributed by atoms with Crippen LogP contribution in [0.1, 0.15) is 58.3 Å². The zero-order valence-electron chi connectivity index (χ0n) is 11.5. The van der Waals surface area contributed by atoms with E-state index in [0.717, 1.165) is 24.4 Å². The molecule has 17 heavy (non-hydrogen) atoms. The van der Waals surface area contributed by atoms with E-state index < -0.39 is 0 Å². The van der Waals surface area contributed by atoms with E-state index in [2.05, 4.69) is 11.8 Å². The van der Waals surface area contributed by atoms with Gasteiger partial charge in [0.1, 0.15) is 0 Å². The molecule has 2 nitrogen and oxygen atoms in total. The van der Waals surface area contributed by atoms with Crippen molar-refractivity contribution in [3.63, 3.8) is 0 Å². The van der Waals surface area contributed by atoms with Gasteiger partial charge in [-0.25, -0.2) is 0 Å². The van der Waals surface area contributed by atoms with Crippen molar-refractivity contribution in [3.05, 3.63) is 0 Å².